The van der Waals surface area contributed by atoms with Gasteiger partial charge in [0, 0.05) is 18.8 Å². The van der Waals surface area contributed by atoms with E-state index in [-0.39, 0.29) is 25.0 Å². The fourth-order valence-corrected chi connectivity index (χ4v) is 2.28. The molecule has 1 saturated heterocycles. The lowest BCUT2D eigenvalue weighted by atomic mass is 10.2. The Bertz CT molecular complexity index is 501. The number of amides is 1. The van der Waals surface area contributed by atoms with Crippen LogP contribution >= 0.6 is 0 Å². The molecule has 1 fully saturated rings. The van der Waals surface area contributed by atoms with Crippen LogP contribution in [0.25, 0.3) is 0 Å². The molecule has 21 heavy (non-hydrogen) atoms. The van der Waals surface area contributed by atoms with Crippen molar-refractivity contribution >= 4 is 17.6 Å². The SMILES string of the molecule is Cc1ccc(NC(=O)CN2CCOC(CC(=O)O)C2)cc1. The highest BCUT2D eigenvalue weighted by Crippen LogP contribution is 2.11. The maximum atomic E-state index is 12.0. The van der Waals surface area contributed by atoms with E-state index in [1.54, 1.807) is 0 Å². The Hall–Kier alpha value is -1.92. The van der Waals surface area contributed by atoms with Crippen molar-refractivity contribution < 1.29 is 19.4 Å². The van der Waals surface area contributed by atoms with Crippen LogP contribution in [0.4, 0.5) is 5.69 Å². The van der Waals surface area contributed by atoms with Crippen molar-refractivity contribution in [2.24, 2.45) is 0 Å². The monoisotopic (exact) mass is 292 g/mol. The first-order valence-electron chi connectivity index (χ1n) is 6.95. The number of aryl methyl sites for hydroxylation is 1. The summed E-state index contributed by atoms with van der Waals surface area (Å²) in [6.07, 6.45) is -0.376. The van der Waals surface area contributed by atoms with Gasteiger partial charge in [-0.25, -0.2) is 0 Å². The van der Waals surface area contributed by atoms with E-state index in [1.165, 1.54) is 0 Å². The van der Waals surface area contributed by atoms with Crippen molar-refractivity contribution in [3.8, 4) is 0 Å². The molecule has 1 unspecified atom stereocenters. The maximum absolute atomic E-state index is 12.0. The fourth-order valence-electron chi connectivity index (χ4n) is 2.28. The fraction of sp³-hybridized carbons (Fsp3) is 0.467. The van der Waals surface area contributed by atoms with E-state index in [0.29, 0.717) is 19.7 Å². The van der Waals surface area contributed by atoms with Gasteiger partial charge in [0.15, 0.2) is 0 Å². The molecule has 114 valence electrons. The minimum Gasteiger partial charge on any atom is -0.481 e. The molecule has 6 heteroatoms. The van der Waals surface area contributed by atoms with Gasteiger partial charge in [-0.3, -0.25) is 14.5 Å². The first kappa shape index (κ1) is 15.5. The van der Waals surface area contributed by atoms with E-state index in [2.05, 4.69) is 5.32 Å². The number of anilines is 1. The number of hydrogen-bond donors (Lipinski definition) is 2. The van der Waals surface area contributed by atoms with Crippen molar-refractivity contribution in [1.82, 2.24) is 4.90 Å². The number of hydrogen-bond acceptors (Lipinski definition) is 4. The Morgan fingerprint density at radius 2 is 2.10 bits per heavy atom. The number of nitrogens with one attached hydrogen (secondary N) is 1. The quantitative estimate of drug-likeness (QED) is 0.850. The highest BCUT2D eigenvalue weighted by atomic mass is 16.5. The van der Waals surface area contributed by atoms with Crippen LogP contribution in [0.3, 0.4) is 0 Å². The largest absolute Gasteiger partial charge is 0.481 e. The lowest BCUT2D eigenvalue weighted by Crippen LogP contribution is -2.46. The Morgan fingerprint density at radius 1 is 1.38 bits per heavy atom. The summed E-state index contributed by atoms with van der Waals surface area (Å²) >= 11 is 0. The second-order valence-electron chi connectivity index (χ2n) is 5.24. The summed E-state index contributed by atoms with van der Waals surface area (Å²) in [5.74, 6) is -0.985. The number of aliphatic carboxylic acids is 1. The number of carboxylic acid groups (broad SMARTS) is 1. The zero-order valence-electron chi connectivity index (χ0n) is 12.0. The summed E-state index contributed by atoms with van der Waals surface area (Å²) in [6, 6.07) is 7.60. The van der Waals surface area contributed by atoms with E-state index < -0.39 is 5.97 Å². The summed E-state index contributed by atoms with van der Waals surface area (Å²) in [4.78, 5) is 24.6. The van der Waals surface area contributed by atoms with Gasteiger partial charge in [0.05, 0.1) is 25.7 Å². The summed E-state index contributed by atoms with van der Waals surface area (Å²) in [7, 11) is 0. The third-order valence-electron chi connectivity index (χ3n) is 3.33. The number of benzene rings is 1. The normalized spacial score (nSPS) is 19.2. The van der Waals surface area contributed by atoms with E-state index in [9.17, 15) is 9.59 Å². The van der Waals surface area contributed by atoms with Crippen LogP contribution in [0.1, 0.15) is 12.0 Å². The zero-order valence-corrected chi connectivity index (χ0v) is 12.0. The Balaban J connectivity index is 1.81. The topological polar surface area (TPSA) is 78.9 Å². The lowest BCUT2D eigenvalue weighted by molar-refractivity contribution is -0.142. The van der Waals surface area contributed by atoms with Gasteiger partial charge in [0.2, 0.25) is 5.91 Å². The first-order valence-corrected chi connectivity index (χ1v) is 6.95. The molecular weight excluding hydrogens is 272 g/mol. The van der Waals surface area contributed by atoms with Crippen LogP contribution in [0.2, 0.25) is 0 Å². The highest BCUT2D eigenvalue weighted by Gasteiger charge is 2.23. The molecule has 1 aromatic carbocycles. The van der Waals surface area contributed by atoms with Gasteiger partial charge in [-0.15, -0.1) is 0 Å². The second-order valence-corrected chi connectivity index (χ2v) is 5.24. The van der Waals surface area contributed by atoms with Gasteiger partial charge in [-0.1, -0.05) is 17.7 Å². The van der Waals surface area contributed by atoms with Crippen molar-refractivity contribution in [2.75, 3.05) is 31.6 Å². The van der Waals surface area contributed by atoms with Crippen LogP contribution in [-0.4, -0.2) is 54.2 Å². The number of carbonyl (C=O) groups excluding carboxylic acids is 1. The molecule has 0 saturated carbocycles. The van der Waals surface area contributed by atoms with Gasteiger partial charge in [0.25, 0.3) is 0 Å². The number of ether oxygens (including phenoxy) is 1. The zero-order chi connectivity index (χ0) is 15.2. The molecule has 0 spiro atoms. The maximum Gasteiger partial charge on any atom is 0.306 e. The predicted octanol–water partition coefficient (Wildman–Crippen LogP) is 1.11. The molecular formula is C15H20N2O4. The Kier molecular flexibility index (Phi) is 5.30. The van der Waals surface area contributed by atoms with Crippen LogP contribution in [0.15, 0.2) is 24.3 Å². The van der Waals surface area contributed by atoms with E-state index in [1.807, 2.05) is 36.1 Å². The smallest absolute Gasteiger partial charge is 0.306 e. The number of carboxylic acids is 1. The van der Waals surface area contributed by atoms with Crippen molar-refractivity contribution in [2.45, 2.75) is 19.4 Å². The molecule has 1 aliphatic heterocycles. The van der Waals surface area contributed by atoms with Gasteiger partial charge >= 0.3 is 5.97 Å². The number of carbonyl (C=O) groups is 2. The summed E-state index contributed by atoms with van der Waals surface area (Å²) < 4.78 is 5.38. The third kappa shape index (κ3) is 5.17. The molecule has 1 amide bonds. The van der Waals surface area contributed by atoms with Crippen molar-refractivity contribution in [3.05, 3.63) is 29.8 Å². The second kappa shape index (κ2) is 7.19. The van der Waals surface area contributed by atoms with Crippen LogP contribution in [0, 0.1) is 6.92 Å². The van der Waals surface area contributed by atoms with Gasteiger partial charge in [-0.2, -0.15) is 0 Å². The Morgan fingerprint density at radius 3 is 2.76 bits per heavy atom. The number of rotatable bonds is 5. The summed E-state index contributed by atoms with van der Waals surface area (Å²) in [6.45, 7) is 3.79. The number of nitrogens with zero attached hydrogens (tertiary/aromatic N) is 1. The number of morpholine rings is 1. The minimum absolute atomic E-state index is 0.0317. The molecule has 0 aliphatic carbocycles. The van der Waals surface area contributed by atoms with Crippen molar-refractivity contribution in [3.63, 3.8) is 0 Å². The van der Waals surface area contributed by atoms with Gasteiger partial charge < -0.3 is 15.2 Å². The van der Waals surface area contributed by atoms with Crippen molar-refractivity contribution in [1.29, 1.82) is 0 Å². The molecule has 1 aliphatic rings. The molecule has 1 atom stereocenters. The average Bonchev–Trinajstić information content (AvgIpc) is 2.41. The van der Waals surface area contributed by atoms with Crippen LogP contribution < -0.4 is 5.32 Å². The molecule has 6 nitrogen and oxygen atoms in total. The minimum atomic E-state index is -0.883. The third-order valence-corrected chi connectivity index (χ3v) is 3.33. The van der Waals surface area contributed by atoms with Gasteiger partial charge in [0.1, 0.15) is 0 Å². The van der Waals surface area contributed by atoms with E-state index in [0.717, 1.165) is 11.3 Å². The standard InChI is InChI=1S/C15H20N2O4/c1-11-2-4-12(5-3-11)16-14(18)10-17-6-7-21-13(9-17)8-15(19)20/h2-5,13H,6-10H2,1H3,(H,16,18)(H,19,20). The van der Waals surface area contributed by atoms with E-state index >= 15 is 0 Å². The van der Waals surface area contributed by atoms with Crippen LogP contribution in [0.5, 0.6) is 0 Å². The molecule has 1 aromatic rings. The predicted molar refractivity (Wildman–Crippen MR) is 78.2 cm³/mol. The molecule has 2 N–H and O–H groups in total. The van der Waals surface area contributed by atoms with E-state index in [4.69, 9.17) is 9.84 Å². The molecule has 1 heterocycles. The molecule has 2 rings (SSSR count). The summed E-state index contributed by atoms with van der Waals surface area (Å²) in [5, 5.41) is 11.6. The average molecular weight is 292 g/mol. The highest BCUT2D eigenvalue weighted by molar-refractivity contribution is 5.92. The Labute approximate surface area is 123 Å². The first-order chi connectivity index (χ1) is 10.0. The lowest BCUT2D eigenvalue weighted by Gasteiger charge is -2.31. The summed E-state index contributed by atoms with van der Waals surface area (Å²) in [5.41, 5.74) is 1.90. The van der Waals surface area contributed by atoms with Gasteiger partial charge in [-0.05, 0) is 19.1 Å². The molecule has 0 bridgehead atoms. The molecule has 0 aromatic heterocycles. The van der Waals surface area contributed by atoms with Crippen LogP contribution in [-0.2, 0) is 14.3 Å². The molecule has 0 radical (unpaired) electrons.